The van der Waals surface area contributed by atoms with E-state index in [1.165, 1.54) is 5.56 Å². The molecule has 0 radical (unpaired) electrons. The standard InChI is InChI=1S/C23H30N2O3/c1-5-21(23(27)24-4)25(14-13-19-9-7-6-8-10-19)22(26)16-28-20-12-11-17(2)18(3)15-20/h6-12,15,21H,5,13-14,16H2,1-4H3,(H,24,27)/t21-/m1/s1. The van der Waals surface area contributed by atoms with Crippen molar-refractivity contribution in [2.45, 2.75) is 39.7 Å². The molecule has 5 heteroatoms. The molecule has 5 nitrogen and oxygen atoms in total. The van der Waals surface area contributed by atoms with Crippen molar-refractivity contribution in [2.75, 3.05) is 20.2 Å². The number of hydrogen-bond donors (Lipinski definition) is 1. The number of amides is 2. The van der Waals surface area contributed by atoms with Crippen LogP contribution in [0.25, 0.3) is 0 Å². The molecule has 0 heterocycles. The van der Waals surface area contributed by atoms with E-state index in [9.17, 15) is 9.59 Å². The first-order valence-electron chi connectivity index (χ1n) is 9.71. The summed E-state index contributed by atoms with van der Waals surface area (Å²) in [5.41, 5.74) is 3.42. The highest BCUT2D eigenvalue weighted by atomic mass is 16.5. The number of likely N-dealkylation sites (N-methyl/N-ethyl adjacent to an activating group) is 1. The molecule has 0 saturated heterocycles. The van der Waals surface area contributed by atoms with Gasteiger partial charge < -0.3 is 15.0 Å². The summed E-state index contributed by atoms with van der Waals surface area (Å²) in [7, 11) is 1.59. The summed E-state index contributed by atoms with van der Waals surface area (Å²) in [6.07, 6.45) is 1.23. The Morgan fingerprint density at radius 3 is 2.39 bits per heavy atom. The lowest BCUT2D eigenvalue weighted by Gasteiger charge is -2.30. The molecule has 0 spiro atoms. The van der Waals surface area contributed by atoms with Gasteiger partial charge in [-0.25, -0.2) is 0 Å². The lowest BCUT2D eigenvalue weighted by atomic mass is 10.1. The van der Waals surface area contributed by atoms with Crippen LogP contribution in [0.1, 0.15) is 30.0 Å². The van der Waals surface area contributed by atoms with E-state index in [1.807, 2.05) is 69.3 Å². The number of rotatable bonds is 9. The molecule has 28 heavy (non-hydrogen) atoms. The number of hydrogen-bond acceptors (Lipinski definition) is 3. The van der Waals surface area contributed by atoms with Crippen LogP contribution >= 0.6 is 0 Å². The summed E-state index contributed by atoms with van der Waals surface area (Å²) in [5, 5.41) is 2.66. The Kier molecular flexibility index (Phi) is 8.05. The Morgan fingerprint density at radius 1 is 1.07 bits per heavy atom. The largest absolute Gasteiger partial charge is 0.484 e. The minimum atomic E-state index is -0.510. The van der Waals surface area contributed by atoms with Gasteiger partial charge in [-0.1, -0.05) is 43.3 Å². The molecule has 2 amide bonds. The fourth-order valence-corrected chi connectivity index (χ4v) is 3.09. The normalized spacial score (nSPS) is 11.6. The zero-order chi connectivity index (χ0) is 20.5. The highest BCUT2D eigenvalue weighted by Gasteiger charge is 2.27. The van der Waals surface area contributed by atoms with E-state index in [4.69, 9.17) is 4.74 Å². The van der Waals surface area contributed by atoms with Crippen LogP contribution in [0.4, 0.5) is 0 Å². The van der Waals surface area contributed by atoms with Crippen molar-refractivity contribution < 1.29 is 14.3 Å². The minimum Gasteiger partial charge on any atom is -0.484 e. The molecule has 0 aromatic heterocycles. The van der Waals surface area contributed by atoms with Crippen molar-refractivity contribution in [1.29, 1.82) is 0 Å². The molecule has 0 aliphatic rings. The molecule has 150 valence electrons. The zero-order valence-corrected chi connectivity index (χ0v) is 17.2. The number of nitrogens with zero attached hydrogens (tertiary/aromatic N) is 1. The van der Waals surface area contributed by atoms with Crippen LogP contribution in [0, 0.1) is 13.8 Å². The first-order valence-corrected chi connectivity index (χ1v) is 9.71. The van der Waals surface area contributed by atoms with Crippen LogP contribution in [0.5, 0.6) is 5.75 Å². The van der Waals surface area contributed by atoms with Gasteiger partial charge >= 0.3 is 0 Å². The summed E-state index contributed by atoms with van der Waals surface area (Å²) >= 11 is 0. The minimum absolute atomic E-state index is 0.0925. The molecule has 0 bridgehead atoms. The summed E-state index contributed by atoms with van der Waals surface area (Å²) < 4.78 is 5.72. The van der Waals surface area contributed by atoms with E-state index in [0.29, 0.717) is 25.1 Å². The van der Waals surface area contributed by atoms with Gasteiger partial charge in [0.15, 0.2) is 6.61 Å². The van der Waals surface area contributed by atoms with Crippen molar-refractivity contribution in [3.63, 3.8) is 0 Å². The molecular formula is C23H30N2O3. The highest BCUT2D eigenvalue weighted by Crippen LogP contribution is 2.17. The Bertz CT molecular complexity index is 790. The van der Waals surface area contributed by atoms with Crippen LogP contribution in [0.3, 0.4) is 0 Å². The van der Waals surface area contributed by atoms with Gasteiger partial charge in [0.05, 0.1) is 0 Å². The summed E-state index contributed by atoms with van der Waals surface area (Å²) in [6, 6.07) is 15.2. The third kappa shape index (κ3) is 5.84. The van der Waals surface area contributed by atoms with E-state index in [-0.39, 0.29) is 18.4 Å². The fraction of sp³-hybridized carbons (Fsp3) is 0.391. The maximum atomic E-state index is 12.9. The maximum absolute atomic E-state index is 12.9. The Hall–Kier alpha value is -2.82. The zero-order valence-electron chi connectivity index (χ0n) is 17.2. The molecule has 0 unspecified atom stereocenters. The first kappa shape index (κ1) is 21.5. The average molecular weight is 383 g/mol. The molecule has 0 saturated carbocycles. The second-order valence-electron chi connectivity index (χ2n) is 6.90. The third-order valence-electron chi connectivity index (χ3n) is 4.96. The number of carbonyl (C=O) groups is 2. The Labute approximate surface area is 167 Å². The van der Waals surface area contributed by atoms with Crippen molar-refractivity contribution in [2.24, 2.45) is 0 Å². The third-order valence-corrected chi connectivity index (χ3v) is 4.96. The van der Waals surface area contributed by atoms with E-state index < -0.39 is 6.04 Å². The van der Waals surface area contributed by atoms with Gasteiger partial charge in [0, 0.05) is 13.6 Å². The van der Waals surface area contributed by atoms with Crippen LogP contribution < -0.4 is 10.1 Å². The van der Waals surface area contributed by atoms with Crippen LogP contribution in [0.2, 0.25) is 0 Å². The van der Waals surface area contributed by atoms with Crippen LogP contribution in [-0.4, -0.2) is 43.0 Å². The topological polar surface area (TPSA) is 58.6 Å². The van der Waals surface area contributed by atoms with Crippen LogP contribution in [0.15, 0.2) is 48.5 Å². The molecule has 2 aromatic rings. The highest BCUT2D eigenvalue weighted by molar-refractivity contribution is 5.88. The predicted molar refractivity (Wildman–Crippen MR) is 111 cm³/mol. The van der Waals surface area contributed by atoms with Crippen molar-refractivity contribution >= 4 is 11.8 Å². The van der Waals surface area contributed by atoms with E-state index in [0.717, 1.165) is 11.1 Å². The molecule has 0 fully saturated rings. The van der Waals surface area contributed by atoms with Crippen molar-refractivity contribution in [1.82, 2.24) is 10.2 Å². The first-order chi connectivity index (χ1) is 13.5. The smallest absolute Gasteiger partial charge is 0.261 e. The van der Waals surface area contributed by atoms with E-state index in [2.05, 4.69) is 5.32 Å². The lowest BCUT2D eigenvalue weighted by molar-refractivity contribution is -0.142. The Morgan fingerprint density at radius 2 is 1.79 bits per heavy atom. The molecular weight excluding hydrogens is 352 g/mol. The Balaban J connectivity index is 2.10. The molecule has 2 rings (SSSR count). The monoisotopic (exact) mass is 382 g/mol. The van der Waals surface area contributed by atoms with Crippen molar-refractivity contribution in [3.8, 4) is 5.75 Å². The molecule has 0 aliphatic carbocycles. The summed E-state index contributed by atoms with van der Waals surface area (Å²) in [5.74, 6) is 0.312. The van der Waals surface area contributed by atoms with E-state index >= 15 is 0 Å². The molecule has 0 aliphatic heterocycles. The predicted octanol–water partition coefficient (Wildman–Crippen LogP) is 3.28. The molecule has 2 aromatic carbocycles. The quantitative estimate of drug-likeness (QED) is 0.724. The van der Waals surface area contributed by atoms with Gasteiger partial charge in [0.2, 0.25) is 5.91 Å². The number of nitrogens with one attached hydrogen (secondary N) is 1. The number of carbonyl (C=O) groups excluding carboxylic acids is 2. The summed E-state index contributed by atoms with van der Waals surface area (Å²) in [4.78, 5) is 26.9. The summed E-state index contributed by atoms with van der Waals surface area (Å²) in [6.45, 7) is 6.32. The number of benzene rings is 2. The van der Waals surface area contributed by atoms with Gasteiger partial charge in [0.1, 0.15) is 11.8 Å². The maximum Gasteiger partial charge on any atom is 0.261 e. The van der Waals surface area contributed by atoms with E-state index in [1.54, 1.807) is 11.9 Å². The van der Waals surface area contributed by atoms with Gasteiger partial charge in [-0.15, -0.1) is 0 Å². The van der Waals surface area contributed by atoms with Crippen molar-refractivity contribution in [3.05, 3.63) is 65.2 Å². The SMILES string of the molecule is CC[C@H](C(=O)NC)N(CCc1ccccc1)C(=O)COc1ccc(C)c(C)c1. The number of ether oxygens (including phenoxy) is 1. The van der Waals surface area contributed by atoms with Crippen LogP contribution in [-0.2, 0) is 16.0 Å². The van der Waals surface area contributed by atoms with Gasteiger partial charge in [-0.2, -0.15) is 0 Å². The lowest BCUT2D eigenvalue weighted by Crippen LogP contribution is -2.50. The average Bonchev–Trinajstić information content (AvgIpc) is 2.72. The van der Waals surface area contributed by atoms with Gasteiger partial charge in [-0.3, -0.25) is 9.59 Å². The van der Waals surface area contributed by atoms with Gasteiger partial charge in [0.25, 0.3) is 5.91 Å². The second-order valence-corrected chi connectivity index (χ2v) is 6.90. The molecule has 1 N–H and O–H groups in total. The molecule has 1 atom stereocenters. The fourth-order valence-electron chi connectivity index (χ4n) is 3.09. The van der Waals surface area contributed by atoms with Gasteiger partial charge in [-0.05, 0) is 55.5 Å². The second kappa shape index (κ2) is 10.5. The number of aryl methyl sites for hydroxylation is 2.